The maximum Gasteiger partial charge on any atom is 0.305 e. The lowest BCUT2D eigenvalue weighted by Gasteiger charge is -2.42. The van der Waals surface area contributed by atoms with Gasteiger partial charge in [0, 0.05) is 44.1 Å². The Morgan fingerprint density at radius 2 is 1.80 bits per heavy atom. The number of hydrogen-bond acceptors (Lipinski definition) is 9. The summed E-state index contributed by atoms with van der Waals surface area (Å²) in [6, 6.07) is 7.53. The molecule has 1 fully saturated rings. The van der Waals surface area contributed by atoms with Crippen LogP contribution in [0, 0.1) is 0 Å². The molecule has 0 bridgehead atoms. The molecule has 9 nitrogen and oxygen atoms in total. The third-order valence-electron chi connectivity index (χ3n) is 5.93. The molecule has 1 aliphatic rings. The Morgan fingerprint density at radius 3 is 2.40 bits per heavy atom. The molecule has 1 aliphatic heterocycles. The largest absolute Gasteiger partial charge is 0.466 e. The summed E-state index contributed by atoms with van der Waals surface area (Å²) in [5.74, 6) is 0.819. The molecule has 0 radical (unpaired) electrons. The van der Waals surface area contributed by atoms with E-state index in [0.29, 0.717) is 37.6 Å². The molecule has 0 amide bonds. The Labute approximate surface area is 217 Å². The molecule has 2 rings (SSSR count). The standard InChI is InChI=1S/C24H38Cl2N2O7/c1-33-24-21(23(32)22(31)19(16-29)35-24)27-12-3-15-34-20(30)5-2-4-17-6-8-18(9-7-17)28(13-10-25)14-11-26/h6-9,19,21-24,27,29,31-32H,2-5,10-16H2,1H3/t19-,21+,22-,23+,24+/m1/s1. The van der Waals surface area contributed by atoms with Gasteiger partial charge in [0.2, 0.25) is 0 Å². The second-order valence-corrected chi connectivity index (χ2v) is 9.14. The number of nitrogens with one attached hydrogen (secondary N) is 1. The second kappa shape index (κ2) is 16.6. The predicted molar refractivity (Wildman–Crippen MR) is 135 cm³/mol. The summed E-state index contributed by atoms with van der Waals surface area (Å²) >= 11 is 11.7. The highest BCUT2D eigenvalue weighted by atomic mass is 35.5. The number of aliphatic hydroxyl groups is 3. The van der Waals surface area contributed by atoms with Crippen molar-refractivity contribution in [1.29, 1.82) is 0 Å². The predicted octanol–water partition coefficient (Wildman–Crippen LogP) is 1.27. The average molecular weight is 537 g/mol. The Bertz CT molecular complexity index is 720. The number of halogens is 2. The number of aryl methyl sites for hydroxylation is 1. The lowest BCUT2D eigenvalue weighted by molar-refractivity contribution is -0.263. The summed E-state index contributed by atoms with van der Waals surface area (Å²) in [5.41, 5.74) is 2.23. The lowest BCUT2D eigenvalue weighted by atomic mass is 9.97. The first-order chi connectivity index (χ1) is 16.9. The van der Waals surface area contributed by atoms with E-state index in [1.807, 2.05) is 12.1 Å². The van der Waals surface area contributed by atoms with Crippen molar-refractivity contribution in [2.45, 2.75) is 56.3 Å². The summed E-state index contributed by atoms with van der Waals surface area (Å²) < 4.78 is 15.9. The first-order valence-corrected chi connectivity index (χ1v) is 13.0. The maximum absolute atomic E-state index is 12.0. The van der Waals surface area contributed by atoms with Crippen molar-refractivity contribution in [3.05, 3.63) is 29.8 Å². The van der Waals surface area contributed by atoms with Gasteiger partial charge in [-0.05, 0) is 43.5 Å². The normalized spacial score (nSPS) is 24.3. The van der Waals surface area contributed by atoms with Crippen molar-refractivity contribution in [2.24, 2.45) is 0 Å². The van der Waals surface area contributed by atoms with E-state index in [-0.39, 0.29) is 12.6 Å². The highest BCUT2D eigenvalue weighted by molar-refractivity contribution is 6.18. The van der Waals surface area contributed by atoms with Crippen molar-refractivity contribution < 1.29 is 34.3 Å². The van der Waals surface area contributed by atoms with Gasteiger partial charge < -0.3 is 39.7 Å². The highest BCUT2D eigenvalue weighted by Gasteiger charge is 2.44. The SMILES string of the molecule is CO[C@H]1O[C@H](CO)[C@@H](O)[C@@H](O)[C@@H]1NCCCOC(=O)CCCc1ccc(N(CCCl)CCCl)cc1. The number of methoxy groups -OCH3 is 1. The van der Waals surface area contributed by atoms with Gasteiger partial charge in [0.25, 0.3) is 0 Å². The van der Waals surface area contributed by atoms with Crippen LogP contribution >= 0.6 is 23.2 Å². The molecule has 0 aliphatic carbocycles. The van der Waals surface area contributed by atoms with Crippen molar-refractivity contribution in [1.82, 2.24) is 5.32 Å². The Hall–Kier alpha value is -1.17. The molecule has 0 unspecified atom stereocenters. The summed E-state index contributed by atoms with van der Waals surface area (Å²) in [7, 11) is 1.42. The number of hydrogen-bond donors (Lipinski definition) is 4. The van der Waals surface area contributed by atoms with E-state index < -0.39 is 37.3 Å². The number of esters is 1. The molecule has 1 saturated heterocycles. The van der Waals surface area contributed by atoms with E-state index in [2.05, 4.69) is 22.3 Å². The number of benzene rings is 1. The van der Waals surface area contributed by atoms with Crippen LogP contribution in [-0.2, 0) is 25.4 Å². The van der Waals surface area contributed by atoms with Gasteiger partial charge in [0.05, 0.1) is 19.3 Å². The van der Waals surface area contributed by atoms with Crippen LogP contribution < -0.4 is 10.2 Å². The van der Waals surface area contributed by atoms with Gasteiger partial charge in [-0.25, -0.2) is 0 Å². The summed E-state index contributed by atoms with van der Waals surface area (Å²) in [6.45, 7) is 1.71. The number of nitrogens with zero attached hydrogens (tertiary/aromatic N) is 1. The Kier molecular flexibility index (Phi) is 14.2. The van der Waals surface area contributed by atoms with Crippen molar-refractivity contribution in [2.75, 3.05) is 56.6 Å². The molecule has 0 saturated carbocycles. The summed E-state index contributed by atoms with van der Waals surface area (Å²) in [4.78, 5) is 14.2. The van der Waals surface area contributed by atoms with Crippen LogP contribution in [-0.4, -0.2) is 104 Å². The first-order valence-electron chi connectivity index (χ1n) is 11.9. The number of carbonyl (C=O) groups excluding carboxylic acids is 1. The zero-order valence-corrected chi connectivity index (χ0v) is 21.7. The van der Waals surface area contributed by atoms with Gasteiger partial charge in [0.1, 0.15) is 18.3 Å². The van der Waals surface area contributed by atoms with E-state index in [1.54, 1.807) is 0 Å². The maximum atomic E-state index is 12.0. The molecule has 0 aromatic heterocycles. The van der Waals surface area contributed by atoms with Crippen LogP contribution in [0.4, 0.5) is 5.69 Å². The summed E-state index contributed by atoms with van der Waals surface area (Å²) in [5, 5.41) is 32.6. The molecule has 1 heterocycles. The lowest BCUT2D eigenvalue weighted by Crippen LogP contribution is -2.63. The number of alkyl halides is 2. The molecule has 1 aromatic carbocycles. The zero-order chi connectivity index (χ0) is 25.6. The number of rotatable bonds is 16. The first kappa shape index (κ1) is 30.1. The van der Waals surface area contributed by atoms with Gasteiger partial charge in [-0.15, -0.1) is 23.2 Å². The fraction of sp³-hybridized carbons (Fsp3) is 0.708. The topological polar surface area (TPSA) is 121 Å². The zero-order valence-electron chi connectivity index (χ0n) is 20.2. The molecule has 200 valence electrons. The van der Waals surface area contributed by atoms with Crippen molar-refractivity contribution in [3.63, 3.8) is 0 Å². The molecule has 1 aromatic rings. The van der Waals surface area contributed by atoms with Crippen LogP contribution in [0.3, 0.4) is 0 Å². The molecule has 0 spiro atoms. The molecular weight excluding hydrogens is 499 g/mol. The number of aliphatic hydroxyl groups excluding tert-OH is 3. The summed E-state index contributed by atoms with van der Waals surface area (Å²) in [6.07, 6.45) is -1.80. The van der Waals surface area contributed by atoms with Crippen LogP contribution in [0.2, 0.25) is 0 Å². The van der Waals surface area contributed by atoms with Gasteiger partial charge in [-0.2, -0.15) is 0 Å². The van der Waals surface area contributed by atoms with Gasteiger partial charge in [0.15, 0.2) is 6.29 Å². The minimum Gasteiger partial charge on any atom is -0.466 e. The number of carbonyl (C=O) groups is 1. The fourth-order valence-electron chi connectivity index (χ4n) is 3.98. The van der Waals surface area contributed by atoms with Crippen LogP contribution in [0.25, 0.3) is 0 Å². The van der Waals surface area contributed by atoms with E-state index in [0.717, 1.165) is 30.8 Å². The Morgan fingerprint density at radius 1 is 1.11 bits per heavy atom. The van der Waals surface area contributed by atoms with E-state index in [9.17, 15) is 20.1 Å². The van der Waals surface area contributed by atoms with Crippen molar-refractivity contribution in [3.8, 4) is 0 Å². The fourth-order valence-corrected chi connectivity index (χ4v) is 4.39. The third-order valence-corrected chi connectivity index (χ3v) is 6.27. The third kappa shape index (κ3) is 9.66. The number of ether oxygens (including phenoxy) is 3. The van der Waals surface area contributed by atoms with E-state index in [4.69, 9.17) is 37.4 Å². The van der Waals surface area contributed by atoms with Crippen molar-refractivity contribution >= 4 is 34.9 Å². The highest BCUT2D eigenvalue weighted by Crippen LogP contribution is 2.21. The molecular formula is C24H38Cl2N2O7. The van der Waals surface area contributed by atoms with Crippen LogP contribution in [0.5, 0.6) is 0 Å². The molecule has 35 heavy (non-hydrogen) atoms. The minimum atomic E-state index is -1.23. The number of anilines is 1. The van der Waals surface area contributed by atoms with Crippen LogP contribution in [0.1, 0.15) is 24.8 Å². The quantitative estimate of drug-likeness (QED) is 0.140. The molecule has 11 heteroatoms. The van der Waals surface area contributed by atoms with Gasteiger partial charge in [-0.1, -0.05) is 12.1 Å². The van der Waals surface area contributed by atoms with E-state index >= 15 is 0 Å². The smallest absolute Gasteiger partial charge is 0.305 e. The average Bonchev–Trinajstić information content (AvgIpc) is 2.86. The Balaban J connectivity index is 1.63. The molecule has 5 atom stereocenters. The van der Waals surface area contributed by atoms with Crippen LogP contribution in [0.15, 0.2) is 24.3 Å². The monoisotopic (exact) mass is 536 g/mol. The van der Waals surface area contributed by atoms with E-state index in [1.165, 1.54) is 7.11 Å². The van der Waals surface area contributed by atoms with Gasteiger partial charge in [-0.3, -0.25) is 4.79 Å². The minimum absolute atomic E-state index is 0.237. The second-order valence-electron chi connectivity index (χ2n) is 8.38. The van der Waals surface area contributed by atoms with Gasteiger partial charge >= 0.3 is 5.97 Å². The molecule has 4 N–H and O–H groups in total.